The third-order valence-corrected chi connectivity index (χ3v) is 5.88. The van der Waals surface area contributed by atoms with Gasteiger partial charge in [0.15, 0.2) is 0 Å². The fourth-order valence-electron chi connectivity index (χ4n) is 3.98. The molecule has 1 N–H and O–H groups in total. The van der Waals surface area contributed by atoms with Crippen LogP contribution in [0.2, 0.25) is 0 Å². The molecule has 32 heavy (non-hydrogen) atoms. The summed E-state index contributed by atoms with van der Waals surface area (Å²) in [5.74, 6) is 0.131. The van der Waals surface area contributed by atoms with Crippen molar-refractivity contribution < 1.29 is 22.8 Å². The molecule has 1 aliphatic rings. The zero-order valence-corrected chi connectivity index (χ0v) is 17.7. The third kappa shape index (κ3) is 5.37. The van der Waals surface area contributed by atoms with Gasteiger partial charge in [0.05, 0.1) is 0 Å². The van der Waals surface area contributed by atoms with E-state index in [1.54, 1.807) is 24.3 Å². The summed E-state index contributed by atoms with van der Waals surface area (Å²) in [6, 6.07) is 12.4. The van der Waals surface area contributed by atoms with Crippen LogP contribution < -0.4 is 5.32 Å². The lowest BCUT2D eigenvalue weighted by Crippen LogP contribution is -2.44. The molecule has 0 bridgehead atoms. The predicted molar refractivity (Wildman–Crippen MR) is 114 cm³/mol. The molecule has 3 aromatic rings. The van der Waals surface area contributed by atoms with Gasteiger partial charge in [-0.2, -0.15) is 4.98 Å². The highest BCUT2D eigenvalue weighted by atomic mass is 19.1. The Morgan fingerprint density at radius 3 is 2.59 bits per heavy atom. The number of aromatic nitrogens is 2. The molecule has 8 heteroatoms. The van der Waals surface area contributed by atoms with E-state index in [2.05, 4.69) is 15.5 Å². The number of nitrogens with zero attached hydrogens (tertiary/aromatic N) is 2. The number of halogens is 2. The molecule has 1 fully saturated rings. The topological polar surface area (TPSA) is 77.2 Å². The Hall–Kier alpha value is -3.13. The third-order valence-electron chi connectivity index (χ3n) is 5.88. The van der Waals surface area contributed by atoms with Crippen LogP contribution in [-0.2, 0) is 21.4 Å². The summed E-state index contributed by atoms with van der Waals surface area (Å²) < 4.78 is 37.6. The molecule has 1 amide bonds. The van der Waals surface area contributed by atoms with Crippen LogP contribution in [0.3, 0.4) is 0 Å². The molecule has 2 aromatic carbocycles. The number of hydrogen-bond donors (Lipinski definition) is 1. The fourth-order valence-corrected chi connectivity index (χ4v) is 3.98. The molecule has 168 valence electrons. The predicted octanol–water partition coefficient (Wildman–Crippen LogP) is 4.20. The van der Waals surface area contributed by atoms with Crippen LogP contribution in [0.25, 0.3) is 11.4 Å². The van der Waals surface area contributed by atoms with Crippen molar-refractivity contribution in [2.45, 2.75) is 37.5 Å². The molecule has 0 radical (unpaired) electrons. The van der Waals surface area contributed by atoms with E-state index in [9.17, 15) is 13.6 Å². The summed E-state index contributed by atoms with van der Waals surface area (Å²) in [6.07, 6.45) is 2.78. The Morgan fingerprint density at radius 2 is 1.84 bits per heavy atom. The van der Waals surface area contributed by atoms with Gasteiger partial charge in [-0.3, -0.25) is 4.79 Å². The van der Waals surface area contributed by atoms with Crippen LogP contribution in [0.15, 0.2) is 53.1 Å². The van der Waals surface area contributed by atoms with Crippen LogP contribution in [0.1, 0.15) is 37.1 Å². The molecule has 0 spiro atoms. The Morgan fingerprint density at radius 1 is 1.06 bits per heavy atom. The Kier molecular flexibility index (Phi) is 6.90. The van der Waals surface area contributed by atoms with Crippen molar-refractivity contribution >= 4 is 5.91 Å². The zero-order chi connectivity index (χ0) is 22.4. The highest BCUT2D eigenvalue weighted by Gasteiger charge is 2.35. The maximum Gasteiger partial charge on any atom is 0.226 e. The summed E-state index contributed by atoms with van der Waals surface area (Å²) in [7, 11) is 0. The average molecular weight is 441 g/mol. The van der Waals surface area contributed by atoms with E-state index in [1.165, 1.54) is 18.2 Å². The zero-order valence-electron chi connectivity index (χ0n) is 17.7. The number of carbonyl (C=O) groups is 1. The first kappa shape index (κ1) is 22.1. The highest BCUT2D eigenvalue weighted by Crippen LogP contribution is 2.34. The van der Waals surface area contributed by atoms with Crippen molar-refractivity contribution in [1.29, 1.82) is 0 Å². The first-order valence-corrected chi connectivity index (χ1v) is 10.7. The summed E-state index contributed by atoms with van der Waals surface area (Å²) >= 11 is 0. The van der Waals surface area contributed by atoms with E-state index in [0.29, 0.717) is 56.3 Å². The van der Waals surface area contributed by atoms with E-state index in [0.717, 1.165) is 18.4 Å². The first-order valence-electron chi connectivity index (χ1n) is 10.7. The van der Waals surface area contributed by atoms with Gasteiger partial charge in [0, 0.05) is 43.6 Å². The van der Waals surface area contributed by atoms with Crippen LogP contribution in [0, 0.1) is 11.6 Å². The number of benzene rings is 2. The maximum absolute atomic E-state index is 13.8. The van der Waals surface area contributed by atoms with Crippen LogP contribution in [0.5, 0.6) is 0 Å². The van der Waals surface area contributed by atoms with Crippen molar-refractivity contribution in [2.24, 2.45) is 0 Å². The van der Waals surface area contributed by atoms with E-state index in [4.69, 9.17) is 9.26 Å². The molecule has 0 atom stereocenters. The van der Waals surface area contributed by atoms with Crippen LogP contribution in [-0.4, -0.2) is 35.8 Å². The van der Waals surface area contributed by atoms with Gasteiger partial charge in [0.1, 0.15) is 11.6 Å². The second-order valence-corrected chi connectivity index (χ2v) is 8.05. The van der Waals surface area contributed by atoms with Gasteiger partial charge < -0.3 is 14.6 Å². The maximum atomic E-state index is 13.8. The standard InChI is InChI=1S/C24H25F2N3O3/c25-19-9-7-17(8-10-19)23-28-22(32-29-23)6-2-5-21(30)27-16-24(11-13-31-14-12-24)18-3-1-4-20(26)15-18/h1,3-4,7-10,15H,2,5-6,11-14,16H2,(H,27,30). The molecule has 0 unspecified atom stereocenters. The number of rotatable bonds is 8. The molecule has 1 aromatic heterocycles. The summed E-state index contributed by atoms with van der Waals surface area (Å²) in [4.78, 5) is 16.8. The quantitative estimate of drug-likeness (QED) is 0.567. The number of hydrogen-bond acceptors (Lipinski definition) is 5. The number of amides is 1. The number of nitrogens with one attached hydrogen (secondary N) is 1. The van der Waals surface area contributed by atoms with Crippen molar-refractivity contribution in [3.63, 3.8) is 0 Å². The molecular formula is C24H25F2N3O3. The van der Waals surface area contributed by atoms with E-state index >= 15 is 0 Å². The van der Waals surface area contributed by atoms with Gasteiger partial charge in [-0.15, -0.1) is 0 Å². The second kappa shape index (κ2) is 9.99. The van der Waals surface area contributed by atoms with Gasteiger partial charge in [-0.1, -0.05) is 17.3 Å². The molecule has 1 aliphatic heterocycles. The van der Waals surface area contributed by atoms with Crippen molar-refractivity contribution in [3.8, 4) is 11.4 Å². The number of ether oxygens (including phenoxy) is 1. The largest absolute Gasteiger partial charge is 0.381 e. The fraction of sp³-hybridized carbons (Fsp3) is 0.375. The average Bonchev–Trinajstić information content (AvgIpc) is 3.28. The lowest BCUT2D eigenvalue weighted by Gasteiger charge is -2.38. The van der Waals surface area contributed by atoms with Gasteiger partial charge in [0.25, 0.3) is 0 Å². The van der Waals surface area contributed by atoms with Crippen molar-refractivity contribution in [2.75, 3.05) is 19.8 Å². The molecule has 0 aliphatic carbocycles. The van der Waals surface area contributed by atoms with E-state index in [1.807, 2.05) is 6.07 Å². The molecule has 1 saturated heterocycles. The SMILES string of the molecule is O=C(CCCc1nc(-c2ccc(F)cc2)no1)NCC1(c2cccc(F)c2)CCOCC1. The Balaban J connectivity index is 1.29. The monoisotopic (exact) mass is 441 g/mol. The van der Waals surface area contributed by atoms with Crippen molar-refractivity contribution in [1.82, 2.24) is 15.5 Å². The normalized spacial score (nSPS) is 15.4. The van der Waals surface area contributed by atoms with Crippen LogP contribution >= 0.6 is 0 Å². The summed E-state index contributed by atoms with van der Waals surface area (Å²) in [5, 5.41) is 6.92. The van der Waals surface area contributed by atoms with Gasteiger partial charge in [-0.25, -0.2) is 8.78 Å². The van der Waals surface area contributed by atoms with E-state index < -0.39 is 0 Å². The minimum Gasteiger partial charge on any atom is -0.381 e. The Bertz CT molecular complexity index is 1050. The highest BCUT2D eigenvalue weighted by molar-refractivity contribution is 5.76. The number of carbonyl (C=O) groups excluding carboxylic acids is 1. The minimum absolute atomic E-state index is 0.0782. The molecule has 6 nitrogen and oxygen atoms in total. The number of aryl methyl sites for hydroxylation is 1. The minimum atomic E-state index is -0.330. The van der Waals surface area contributed by atoms with Gasteiger partial charge >= 0.3 is 0 Å². The van der Waals surface area contributed by atoms with E-state index in [-0.39, 0.29) is 23.0 Å². The lowest BCUT2D eigenvalue weighted by atomic mass is 9.74. The van der Waals surface area contributed by atoms with Gasteiger partial charge in [0.2, 0.25) is 17.6 Å². The first-order chi connectivity index (χ1) is 15.5. The van der Waals surface area contributed by atoms with Crippen molar-refractivity contribution in [3.05, 3.63) is 71.6 Å². The van der Waals surface area contributed by atoms with Crippen LogP contribution in [0.4, 0.5) is 8.78 Å². The summed E-state index contributed by atoms with van der Waals surface area (Å²) in [6.45, 7) is 1.60. The summed E-state index contributed by atoms with van der Waals surface area (Å²) in [5.41, 5.74) is 1.23. The Labute approximate surface area is 185 Å². The smallest absolute Gasteiger partial charge is 0.226 e. The molecule has 2 heterocycles. The lowest BCUT2D eigenvalue weighted by molar-refractivity contribution is -0.121. The van der Waals surface area contributed by atoms with Gasteiger partial charge in [-0.05, 0) is 61.2 Å². The molecule has 4 rings (SSSR count). The molecular weight excluding hydrogens is 416 g/mol. The molecule has 0 saturated carbocycles. The second-order valence-electron chi connectivity index (χ2n) is 8.05.